The number of fused-ring (bicyclic) bond motifs is 1. The molecule has 0 amide bonds. The van der Waals surface area contributed by atoms with Crippen LogP contribution in [0.15, 0.2) is 18.2 Å². The highest BCUT2D eigenvalue weighted by molar-refractivity contribution is 5.77. The molecule has 0 radical (unpaired) electrons. The summed E-state index contributed by atoms with van der Waals surface area (Å²) in [4.78, 5) is 4.81. The highest BCUT2D eigenvalue weighted by Gasteiger charge is 2.20. The lowest BCUT2D eigenvalue weighted by Gasteiger charge is -2.22. The summed E-state index contributed by atoms with van der Waals surface area (Å²) in [7, 11) is 2.14. The summed E-state index contributed by atoms with van der Waals surface area (Å²) >= 11 is 0. The monoisotopic (exact) mass is 243 g/mol. The van der Waals surface area contributed by atoms with Gasteiger partial charge < -0.3 is 9.88 Å². The zero-order chi connectivity index (χ0) is 12.5. The summed E-state index contributed by atoms with van der Waals surface area (Å²) in [6, 6.07) is 7.05. The van der Waals surface area contributed by atoms with E-state index in [1.54, 1.807) is 0 Å². The fraction of sp³-hybridized carbons (Fsp3) is 0.533. The molecule has 1 aromatic carbocycles. The highest BCUT2D eigenvalue weighted by Crippen LogP contribution is 2.26. The number of benzene rings is 1. The molecular formula is C15H21N3. The molecule has 1 saturated heterocycles. The first-order valence-corrected chi connectivity index (χ1v) is 6.98. The molecular weight excluding hydrogens is 222 g/mol. The van der Waals surface area contributed by atoms with Crippen molar-refractivity contribution in [2.45, 2.75) is 38.6 Å². The normalized spacial score (nSPS) is 20.4. The van der Waals surface area contributed by atoms with Crippen molar-refractivity contribution in [2.75, 3.05) is 6.54 Å². The average Bonchev–Trinajstić information content (AvgIpc) is 2.77. The lowest BCUT2D eigenvalue weighted by molar-refractivity contribution is 0.392. The van der Waals surface area contributed by atoms with E-state index in [0.717, 1.165) is 18.5 Å². The van der Waals surface area contributed by atoms with Crippen LogP contribution in [0.25, 0.3) is 11.0 Å². The molecule has 3 rings (SSSR count). The van der Waals surface area contributed by atoms with Crippen molar-refractivity contribution in [3.8, 4) is 0 Å². The van der Waals surface area contributed by atoms with Crippen LogP contribution in [0.2, 0.25) is 0 Å². The molecule has 2 heterocycles. The molecule has 1 N–H and O–H groups in total. The first-order chi connectivity index (χ1) is 8.79. The summed E-state index contributed by atoms with van der Waals surface area (Å²) in [6.45, 7) is 3.31. The molecule has 96 valence electrons. The molecule has 18 heavy (non-hydrogen) atoms. The summed E-state index contributed by atoms with van der Waals surface area (Å²) < 4.78 is 2.26. The highest BCUT2D eigenvalue weighted by atomic mass is 15.1. The number of rotatable bonds is 2. The van der Waals surface area contributed by atoms with Gasteiger partial charge >= 0.3 is 0 Å². The minimum absolute atomic E-state index is 0.432. The summed E-state index contributed by atoms with van der Waals surface area (Å²) in [5, 5.41) is 3.58. The largest absolute Gasteiger partial charge is 0.330 e. The van der Waals surface area contributed by atoms with Gasteiger partial charge in [0.25, 0.3) is 0 Å². The van der Waals surface area contributed by atoms with Crippen LogP contribution >= 0.6 is 0 Å². The average molecular weight is 243 g/mol. The maximum atomic E-state index is 4.81. The Morgan fingerprint density at radius 1 is 1.39 bits per heavy atom. The summed E-state index contributed by atoms with van der Waals surface area (Å²) in [6.07, 6.45) is 4.89. The molecule has 1 fully saturated rings. The van der Waals surface area contributed by atoms with Crippen LogP contribution < -0.4 is 5.32 Å². The van der Waals surface area contributed by atoms with Crippen LogP contribution in [0.5, 0.6) is 0 Å². The van der Waals surface area contributed by atoms with E-state index in [1.807, 2.05) is 0 Å². The van der Waals surface area contributed by atoms with Gasteiger partial charge in [0.2, 0.25) is 0 Å². The van der Waals surface area contributed by atoms with Crippen LogP contribution in [0.1, 0.15) is 43.6 Å². The Hall–Kier alpha value is -1.35. The summed E-state index contributed by atoms with van der Waals surface area (Å²) in [5.41, 5.74) is 3.77. The SMILES string of the molecule is CCc1ccc2nc(C3CCCCN3)n(C)c2c1. The molecule has 1 atom stereocenters. The van der Waals surface area contributed by atoms with Crippen LogP contribution in [0.3, 0.4) is 0 Å². The van der Waals surface area contributed by atoms with Gasteiger partial charge in [-0.15, -0.1) is 0 Å². The number of imidazole rings is 1. The number of aryl methyl sites for hydroxylation is 2. The van der Waals surface area contributed by atoms with E-state index >= 15 is 0 Å². The Balaban J connectivity index is 2.04. The molecule has 1 unspecified atom stereocenters. The third kappa shape index (κ3) is 1.93. The number of piperidine rings is 1. The second-order valence-corrected chi connectivity index (χ2v) is 5.21. The second kappa shape index (κ2) is 4.73. The molecule has 3 heteroatoms. The van der Waals surface area contributed by atoms with Gasteiger partial charge in [-0.25, -0.2) is 4.98 Å². The van der Waals surface area contributed by atoms with Gasteiger partial charge in [-0.05, 0) is 43.5 Å². The third-order valence-electron chi connectivity index (χ3n) is 4.01. The summed E-state index contributed by atoms with van der Waals surface area (Å²) in [5.74, 6) is 1.19. The second-order valence-electron chi connectivity index (χ2n) is 5.21. The molecule has 3 nitrogen and oxygen atoms in total. The Bertz CT molecular complexity index is 550. The van der Waals surface area contributed by atoms with E-state index < -0.39 is 0 Å². The van der Waals surface area contributed by atoms with Gasteiger partial charge in [-0.3, -0.25) is 0 Å². The van der Waals surface area contributed by atoms with Crippen molar-refractivity contribution in [3.05, 3.63) is 29.6 Å². The zero-order valence-corrected chi connectivity index (χ0v) is 11.2. The van der Waals surface area contributed by atoms with E-state index in [-0.39, 0.29) is 0 Å². The topological polar surface area (TPSA) is 29.9 Å². The van der Waals surface area contributed by atoms with Crippen molar-refractivity contribution in [1.82, 2.24) is 14.9 Å². The molecule has 0 saturated carbocycles. The van der Waals surface area contributed by atoms with Crippen molar-refractivity contribution < 1.29 is 0 Å². The molecule has 1 aliphatic rings. The van der Waals surface area contributed by atoms with Crippen LogP contribution in [-0.4, -0.2) is 16.1 Å². The standard InChI is InChI=1S/C15H21N3/c1-3-11-7-8-12-14(10-11)18(2)15(17-12)13-6-4-5-9-16-13/h7-8,10,13,16H,3-6,9H2,1-2H3. The number of hydrogen-bond acceptors (Lipinski definition) is 2. The predicted molar refractivity (Wildman–Crippen MR) is 74.7 cm³/mol. The number of nitrogens with zero attached hydrogens (tertiary/aromatic N) is 2. The fourth-order valence-electron chi connectivity index (χ4n) is 2.86. The first kappa shape index (κ1) is 11.7. The van der Waals surface area contributed by atoms with Gasteiger partial charge in [0.05, 0.1) is 17.1 Å². The van der Waals surface area contributed by atoms with Crippen LogP contribution in [0.4, 0.5) is 0 Å². The minimum atomic E-state index is 0.432. The molecule has 0 spiro atoms. The predicted octanol–water partition coefficient (Wildman–Crippen LogP) is 2.95. The van der Waals surface area contributed by atoms with E-state index in [2.05, 4.69) is 42.1 Å². The third-order valence-corrected chi connectivity index (χ3v) is 4.01. The molecule has 1 aliphatic heterocycles. The maximum absolute atomic E-state index is 4.81. The van der Waals surface area contributed by atoms with Gasteiger partial charge in [0.1, 0.15) is 5.82 Å². The lowest BCUT2D eigenvalue weighted by atomic mass is 10.0. The van der Waals surface area contributed by atoms with E-state index in [1.165, 1.54) is 36.2 Å². The van der Waals surface area contributed by atoms with Gasteiger partial charge in [-0.1, -0.05) is 19.4 Å². The lowest BCUT2D eigenvalue weighted by Crippen LogP contribution is -2.28. The molecule has 2 aromatic rings. The smallest absolute Gasteiger partial charge is 0.126 e. The molecule has 1 aromatic heterocycles. The first-order valence-electron chi connectivity index (χ1n) is 6.98. The molecule has 0 bridgehead atoms. The van der Waals surface area contributed by atoms with Crippen molar-refractivity contribution >= 4 is 11.0 Å². The number of hydrogen-bond donors (Lipinski definition) is 1. The molecule has 0 aliphatic carbocycles. The fourth-order valence-corrected chi connectivity index (χ4v) is 2.86. The Morgan fingerprint density at radius 3 is 3.00 bits per heavy atom. The van der Waals surface area contributed by atoms with Crippen LogP contribution in [-0.2, 0) is 13.5 Å². The van der Waals surface area contributed by atoms with E-state index in [4.69, 9.17) is 4.98 Å². The Kier molecular flexibility index (Phi) is 3.08. The van der Waals surface area contributed by atoms with Crippen molar-refractivity contribution in [1.29, 1.82) is 0 Å². The Labute approximate surface area is 108 Å². The van der Waals surface area contributed by atoms with E-state index in [0.29, 0.717) is 6.04 Å². The quantitative estimate of drug-likeness (QED) is 0.879. The minimum Gasteiger partial charge on any atom is -0.330 e. The van der Waals surface area contributed by atoms with E-state index in [9.17, 15) is 0 Å². The zero-order valence-electron chi connectivity index (χ0n) is 11.2. The van der Waals surface area contributed by atoms with Crippen molar-refractivity contribution in [2.24, 2.45) is 7.05 Å². The van der Waals surface area contributed by atoms with Gasteiger partial charge in [0.15, 0.2) is 0 Å². The maximum Gasteiger partial charge on any atom is 0.126 e. The van der Waals surface area contributed by atoms with Gasteiger partial charge in [-0.2, -0.15) is 0 Å². The van der Waals surface area contributed by atoms with Crippen molar-refractivity contribution in [3.63, 3.8) is 0 Å². The van der Waals surface area contributed by atoms with Gasteiger partial charge in [0, 0.05) is 7.05 Å². The Morgan fingerprint density at radius 2 is 2.28 bits per heavy atom. The van der Waals surface area contributed by atoms with Crippen LogP contribution in [0, 0.1) is 0 Å². The number of aromatic nitrogens is 2. The number of nitrogens with one attached hydrogen (secondary N) is 1.